The highest BCUT2D eigenvalue weighted by molar-refractivity contribution is 4.89. The highest BCUT2D eigenvalue weighted by atomic mass is 14.9. The van der Waals surface area contributed by atoms with Crippen molar-refractivity contribution in [3.05, 3.63) is 12.3 Å². The summed E-state index contributed by atoms with van der Waals surface area (Å²) in [5.74, 6) is 0. The first-order valence-corrected chi connectivity index (χ1v) is 2.81. The molecule has 0 unspecified atom stereocenters. The standard InChI is InChI=1S/C6H14N2/c1-6(8-3)4-5-7-2/h7-8H,1,4-5H2,2-3H3. The summed E-state index contributed by atoms with van der Waals surface area (Å²) >= 11 is 0. The number of nitrogens with one attached hydrogen (secondary N) is 2. The SMILES string of the molecule is C=C(CCNC)NC. The fourth-order valence-corrected chi connectivity index (χ4v) is 0.401. The van der Waals surface area contributed by atoms with E-state index in [1.807, 2.05) is 14.1 Å². The Labute approximate surface area is 51.0 Å². The fourth-order valence-electron chi connectivity index (χ4n) is 0.401. The first kappa shape index (κ1) is 7.50. The Kier molecular flexibility index (Phi) is 4.36. The first-order chi connectivity index (χ1) is 3.81. The van der Waals surface area contributed by atoms with Crippen molar-refractivity contribution in [2.24, 2.45) is 0 Å². The number of rotatable bonds is 4. The summed E-state index contributed by atoms with van der Waals surface area (Å²) < 4.78 is 0. The Balaban J connectivity index is 2.99. The molecule has 0 saturated heterocycles. The molecule has 2 nitrogen and oxygen atoms in total. The van der Waals surface area contributed by atoms with Gasteiger partial charge in [-0.2, -0.15) is 0 Å². The number of hydrogen-bond donors (Lipinski definition) is 2. The lowest BCUT2D eigenvalue weighted by molar-refractivity contribution is 0.751. The van der Waals surface area contributed by atoms with E-state index in [4.69, 9.17) is 0 Å². The van der Waals surface area contributed by atoms with E-state index in [1.165, 1.54) is 0 Å². The van der Waals surface area contributed by atoms with Crippen LogP contribution in [0.3, 0.4) is 0 Å². The molecule has 0 aliphatic carbocycles. The van der Waals surface area contributed by atoms with E-state index in [0.29, 0.717) is 0 Å². The van der Waals surface area contributed by atoms with Gasteiger partial charge >= 0.3 is 0 Å². The second-order valence-electron chi connectivity index (χ2n) is 1.71. The molecule has 0 saturated carbocycles. The van der Waals surface area contributed by atoms with Crippen LogP contribution in [0.5, 0.6) is 0 Å². The maximum Gasteiger partial charge on any atom is 0.00438 e. The zero-order valence-corrected chi connectivity index (χ0v) is 5.62. The minimum Gasteiger partial charge on any atom is -0.392 e. The average Bonchev–Trinajstić information content (AvgIpc) is 1.83. The van der Waals surface area contributed by atoms with Crippen molar-refractivity contribution in [3.63, 3.8) is 0 Å². The second-order valence-corrected chi connectivity index (χ2v) is 1.71. The van der Waals surface area contributed by atoms with Gasteiger partial charge in [0.15, 0.2) is 0 Å². The van der Waals surface area contributed by atoms with E-state index in [9.17, 15) is 0 Å². The molecule has 0 fully saturated rings. The molecule has 0 spiro atoms. The van der Waals surface area contributed by atoms with Gasteiger partial charge in [-0.25, -0.2) is 0 Å². The molecule has 0 radical (unpaired) electrons. The van der Waals surface area contributed by atoms with Crippen molar-refractivity contribution >= 4 is 0 Å². The topological polar surface area (TPSA) is 24.1 Å². The molecule has 0 atom stereocenters. The second kappa shape index (κ2) is 4.65. The fraction of sp³-hybridized carbons (Fsp3) is 0.667. The molecule has 0 bridgehead atoms. The lowest BCUT2D eigenvalue weighted by Crippen LogP contribution is -2.13. The molecule has 8 heavy (non-hydrogen) atoms. The zero-order valence-electron chi connectivity index (χ0n) is 5.62. The lowest BCUT2D eigenvalue weighted by Gasteiger charge is -2.01. The highest BCUT2D eigenvalue weighted by Crippen LogP contribution is 1.86. The number of hydrogen-bond acceptors (Lipinski definition) is 2. The van der Waals surface area contributed by atoms with Crippen LogP contribution in [0, 0.1) is 0 Å². The van der Waals surface area contributed by atoms with E-state index in [-0.39, 0.29) is 0 Å². The molecule has 2 heteroatoms. The van der Waals surface area contributed by atoms with Gasteiger partial charge in [-0.3, -0.25) is 0 Å². The molecule has 48 valence electrons. The van der Waals surface area contributed by atoms with Gasteiger partial charge in [0.1, 0.15) is 0 Å². The summed E-state index contributed by atoms with van der Waals surface area (Å²) in [6, 6.07) is 0. The van der Waals surface area contributed by atoms with E-state index in [2.05, 4.69) is 17.2 Å². The van der Waals surface area contributed by atoms with Gasteiger partial charge in [-0.15, -0.1) is 0 Å². The molecular formula is C6H14N2. The first-order valence-electron chi connectivity index (χ1n) is 2.81. The van der Waals surface area contributed by atoms with Gasteiger partial charge in [-0.1, -0.05) is 6.58 Å². The monoisotopic (exact) mass is 114 g/mol. The largest absolute Gasteiger partial charge is 0.392 e. The van der Waals surface area contributed by atoms with Crippen LogP contribution in [0.2, 0.25) is 0 Å². The van der Waals surface area contributed by atoms with Gasteiger partial charge in [0.25, 0.3) is 0 Å². The molecule has 0 aromatic rings. The molecule has 0 aromatic carbocycles. The maximum absolute atomic E-state index is 3.76. The molecule has 0 rings (SSSR count). The van der Waals surface area contributed by atoms with Crippen LogP contribution in [0.25, 0.3) is 0 Å². The molecule has 2 N–H and O–H groups in total. The third kappa shape index (κ3) is 3.68. The predicted molar refractivity (Wildman–Crippen MR) is 36.7 cm³/mol. The van der Waals surface area contributed by atoms with Crippen LogP contribution >= 0.6 is 0 Å². The Morgan fingerprint density at radius 1 is 1.50 bits per heavy atom. The summed E-state index contributed by atoms with van der Waals surface area (Å²) in [7, 11) is 3.82. The van der Waals surface area contributed by atoms with Crippen molar-refractivity contribution < 1.29 is 0 Å². The molecule has 0 aliphatic rings. The van der Waals surface area contributed by atoms with Crippen molar-refractivity contribution in [3.8, 4) is 0 Å². The van der Waals surface area contributed by atoms with Crippen molar-refractivity contribution in [1.82, 2.24) is 10.6 Å². The van der Waals surface area contributed by atoms with E-state index < -0.39 is 0 Å². The predicted octanol–water partition coefficient (Wildman–Crippen LogP) is 0.329. The van der Waals surface area contributed by atoms with Crippen LogP contribution in [-0.2, 0) is 0 Å². The van der Waals surface area contributed by atoms with Gasteiger partial charge < -0.3 is 10.6 Å². The normalized spacial score (nSPS) is 8.75. The molecule has 0 aliphatic heterocycles. The van der Waals surface area contributed by atoms with E-state index in [0.717, 1.165) is 18.7 Å². The Morgan fingerprint density at radius 2 is 2.12 bits per heavy atom. The molecule has 0 aromatic heterocycles. The Bertz CT molecular complexity index is 68.9. The summed E-state index contributed by atoms with van der Waals surface area (Å²) in [5, 5.41) is 6.00. The maximum atomic E-state index is 3.76. The minimum atomic E-state index is 1.000. The lowest BCUT2D eigenvalue weighted by atomic mass is 10.3. The highest BCUT2D eigenvalue weighted by Gasteiger charge is 1.84. The van der Waals surface area contributed by atoms with Crippen LogP contribution in [0.1, 0.15) is 6.42 Å². The van der Waals surface area contributed by atoms with Crippen molar-refractivity contribution in [2.45, 2.75) is 6.42 Å². The summed E-state index contributed by atoms with van der Waals surface area (Å²) in [4.78, 5) is 0. The Hall–Kier alpha value is -0.500. The van der Waals surface area contributed by atoms with Gasteiger partial charge in [0, 0.05) is 19.3 Å². The van der Waals surface area contributed by atoms with Crippen molar-refractivity contribution in [2.75, 3.05) is 20.6 Å². The summed E-state index contributed by atoms with van der Waals surface area (Å²) in [6.45, 7) is 4.76. The van der Waals surface area contributed by atoms with Gasteiger partial charge in [0.2, 0.25) is 0 Å². The summed E-state index contributed by atoms with van der Waals surface area (Å²) in [6.07, 6.45) is 1.01. The molecule has 0 heterocycles. The zero-order chi connectivity index (χ0) is 6.41. The third-order valence-electron chi connectivity index (χ3n) is 1.03. The third-order valence-corrected chi connectivity index (χ3v) is 1.03. The van der Waals surface area contributed by atoms with Crippen LogP contribution in [-0.4, -0.2) is 20.6 Å². The van der Waals surface area contributed by atoms with Crippen molar-refractivity contribution in [1.29, 1.82) is 0 Å². The van der Waals surface area contributed by atoms with Crippen LogP contribution in [0.15, 0.2) is 12.3 Å². The van der Waals surface area contributed by atoms with Gasteiger partial charge in [-0.05, 0) is 13.5 Å². The van der Waals surface area contributed by atoms with E-state index >= 15 is 0 Å². The van der Waals surface area contributed by atoms with Gasteiger partial charge in [0.05, 0.1) is 0 Å². The molecule has 0 amide bonds. The van der Waals surface area contributed by atoms with Crippen LogP contribution in [0.4, 0.5) is 0 Å². The quantitative estimate of drug-likeness (QED) is 0.550. The average molecular weight is 114 g/mol. The Morgan fingerprint density at radius 3 is 2.50 bits per heavy atom. The molecular weight excluding hydrogens is 100 g/mol. The smallest absolute Gasteiger partial charge is 0.00438 e. The van der Waals surface area contributed by atoms with E-state index in [1.54, 1.807) is 0 Å². The minimum absolute atomic E-state index is 1.000. The summed E-state index contributed by atoms with van der Waals surface area (Å²) in [5.41, 5.74) is 1.08. The van der Waals surface area contributed by atoms with Crippen LogP contribution < -0.4 is 10.6 Å².